The highest BCUT2D eigenvalue weighted by molar-refractivity contribution is 6.30. The Hall–Kier alpha value is -1.39. The third kappa shape index (κ3) is 3.55. The van der Waals surface area contributed by atoms with E-state index in [1.54, 1.807) is 16.8 Å². The maximum atomic E-state index is 13.2. The lowest BCUT2D eigenvalue weighted by molar-refractivity contribution is 0.538. The summed E-state index contributed by atoms with van der Waals surface area (Å²) in [4.78, 5) is 0. The number of aromatic nitrogens is 2. The molecule has 1 unspecified atom stereocenters. The lowest BCUT2D eigenvalue weighted by Crippen LogP contribution is -2.23. The summed E-state index contributed by atoms with van der Waals surface area (Å²) >= 11 is 5.84. The van der Waals surface area contributed by atoms with Crippen molar-refractivity contribution < 1.29 is 4.39 Å². The first-order chi connectivity index (χ1) is 9.10. The highest BCUT2D eigenvalue weighted by Crippen LogP contribution is 2.23. The van der Waals surface area contributed by atoms with E-state index in [2.05, 4.69) is 10.4 Å². The first-order valence-corrected chi connectivity index (χ1v) is 6.64. The van der Waals surface area contributed by atoms with Crippen molar-refractivity contribution in [1.29, 1.82) is 0 Å². The number of aryl methyl sites for hydroxylation is 1. The van der Waals surface area contributed by atoms with E-state index in [0.717, 1.165) is 24.2 Å². The van der Waals surface area contributed by atoms with Gasteiger partial charge in [-0.25, -0.2) is 4.39 Å². The quantitative estimate of drug-likeness (QED) is 0.913. The summed E-state index contributed by atoms with van der Waals surface area (Å²) in [6.45, 7) is 2.86. The van der Waals surface area contributed by atoms with Crippen LogP contribution >= 0.6 is 11.6 Å². The number of benzene rings is 1. The van der Waals surface area contributed by atoms with E-state index in [4.69, 9.17) is 11.6 Å². The molecule has 0 amide bonds. The molecule has 1 N–H and O–H groups in total. The molecule has 3 nitrogen and oxygen atoms in total. The third-order valence-corrected chi connectivity index (χ3v) is 3.27. The molecule has 0 radical (unpaired) electrons. The Morgan fingerprint density at radius 1 is 1.42 bits per heavy atom. The van der Waals surface area contributed by atoms with Crippen LogP contribution in [0.3, 0.4) is 0 Å². The Kier molecular flexibility index (Phi) is 4.56. The summed E-state index contributed by atoms with van der Waals surface area (Å²) in [5, 5.41) is 7.89. The summed E-state index contributed by atoms with van der Waals surface area (Å²) < 4.78 is 15.0. The van der Waals surface area contributed by atoms with Crippen molar-refractivity contribution in [2.24, 2.45) is 7.05 Å². The second-order valence-electron chi connectivity index (χ2n) is 4.47. The average Bonchev–Trinajstić information content (AvgIpc) is 2.78. The van der Waals surface area contributed by atoms with Gasteiger partial charge in [0.1, 0.15) is 5.82 Å². The van der Waals surface area contributed by atoms with Crippen LogP contribution in [0.1, 0.15) is 24.2 Å². The molecule has 0 bridgehead atoms. The van der Waals surface area contributed by atoms with Crippen molar-refractivity contribution in [3.8, 4) is 0 Å². The molecule has 0 aliphatic heterocycles. The normalized spacial score (nSPS) is 12.6. The number of nitrogens with one attached hydrogen (secondary N) is 1. The summed E-state index contributed by atoms with van der Waals surface area (Å²) in [5.41, 5.74) is 1.97. The summed E-state index contributed by atoms with van der Waals surface area (Å²) in [5.74, 6) is -0.390. The Bertz CT molecular complexity index is 553. The number of likely N-dealkylation sites (N-methyl/N-ethyl adjacent to an activating group) is 1. The van der Waals surface area contributed by atoms with E-state index in [1.165, 1.54) is 6.07 Å². The lowest BCUT2D eigenvalue weighted by Gasteiger charge is -2.17. The molecule has 1 atom stereocenters. The van der Waals surface area contributed by atoms with E-state index in [1.807, 2.05) is 26.2 Å². The first kappa shape index (κ1) is 14.0. The average molecular weight is 282 g/mol. The van der Waals surface area contributed by atoms with Gasteiger partial charge in [-0.1, -0.05) is 24.6 Å². The molecule has 0 fully saturated rings. The van der Waals surface area contributed by atoms with Crippen LogP contribution in [0.2, 0.25) is 5.02 Å². The van der Waals surface area contributed by atoms with Crippen molar-refractivity contribution in [3.05, 3.63) is 52.6 Å². The van der Waals surface area contributed by atoms with Gasteiger partial charge in [0.05, 0.1) is 10.7 Å². The summed E-state index contributed by atoms with van der Waals surface area (Å²) in [7, 11) is 1.89. The van der Waals surface area contributed by atoms with Crippen LogP contribution in [0, 0.1) is 5.82 Å². The van der Waals surface area contributed by atoms with Crippen LogP contribution in [-0.2, 0) is 13.5 Å². The fourth-order valence-electron chi connectivity index (χ4n) is 2.06. The molecule has 0 aliphatic rings. The fraction of sp³-hybridized carbons (Fsp3) is 0.357. The predicted octanol–water partition coefficient (Wildman–Crippen LogP) is 3.11. The standard InChI is InChI=1S/C14H17ClFN3/c1-3-17-14(9-11-6-7-19(2)18-11)10-4-5-13(16)12(15)8-10/h4-8,14,17H,3,9H2,1-2H3. The molecule has 0 spiro atoms. The number of hydrogen-bond acceptors (Lipinski definition) is 2. The Morgan fingerprint density at radius 2 is 2.21 bits per heavy atom. The zero-order chi connectivity index (χ0) is 13.8. The van der Waals surface area contributed by atoms with Gasteiger partial charge in [0, 0.05) is 25.7 Å². The molecule has 5 heteroatoms. The van der Waals surface area contributed by atoms with Crippen LogP contribution in [0.5, 0.6) is 0 Å². The van der Waals surface area contributed by atoms with Gasteiger partial charge >= 0.3 is 0 Å². The van der Waals surface area contributed by atoms with Gasteiger partial charge < -0.3 is 5.32 Å². The monoisotopic (exact) mass is 281 g/mol. The van der Waals surface area contributed by atoms with E-state index in [9.17, 15) is 4.39 Å². The number of halogens is 2. The predicted molar refractivity (Wildman–Crippen MR) is 74.7 cm³/mol. The van der Waals surface area contributed by atoms with Crippen molar-refractivity contribution in [3.63, 3.8) is 0 Å². The maximum absolute atomic E-state index is 13.2. The molecule has 0 aliphatic carbocycles. The second kappa shape index (κ2) is 6.17. The van der Waals surface area contributed by atoms with E-state index in [0.29, 0.717) is 0 Å². The van der Waals surface area contributed by atoms with Crippen LogP contribution in [0.15, 0.2) is 30.5 Å². The van der Waals surface area contributed by atoms with Crippen molar-refractivity contribution >= 4 is 11.6 Å². The van der Waals surface area contributed by atoms with Crippen LogP contribution < -0.4 is 5.32 Å². The lowest BCUT2D eigenvalue weighted by atomic mass is 10.0. The van der Waals surface area contributed by atoms with Gasteiger partial charge in [-0.2, -0.15) is 5.10 Å². The number of hydrogen-bond donors (Lipinski definition) is 1. The molecule has 102 valence electrons. The minimum atomic E-state index is -0.390. The van der Waals surface area contributed by atoms with E-state index >= 15 is 0 Å². The largest absolute Gasteiger partial charge is 0.310 e. The van der Waals surface area contributed by atoms with Crippen molar-refractivity contribution in [2.75, 3.05) is 6.54 Å². The maximum Gasteiger partial charge on any atom is 0.141 e. The van der Waals surface area contributed by atoms with Gasteiger partial charge in [0.15, 0.2) is 0 Å². The fourth-order valence-corrected chi connectivity index (χ4v) is 2.25. The molecule has 19 heavy (non-hydrogen) atoms. The highest BCUT2D eigenvalue weighted by atomic mass is 35.5. The minimum absolute atomic E-state index is 0.0815. The molecule has 2 rings (SSSR count). The van der Waals surface area contributed by atoms with E-state index < -0.39 is 5.82 Å². The topological polar surface area (TPSA) is 29.9 Å². The van der Waals surface area contributed by atoms with Crippen LogP contribution in [0.25, 0.3) is 0 Å². The van der Waals surface area contributed by atoms with Crippen LogP contribution in [-0.4, -0.2) is 16.3 Å². The molecule has 0 saturated carbocycles. The van der Waals surface area contributed by atoms with Crippen molar-refractivity contribution in [1.82, 2.24) is 15.1 Å². The number of nitrogens with zero attached hydrogens (tertiary/aromatic N) is 2. The summed E-state index contributed by atoms with van der Waals surface area (Å²) in [6, 6.07) is 6.90. The molecule has 1 aromatic heterocycles. The van der Waals surface area contributed by atoms with Gasteiger partial charge in [-0.05, 0) is 30.3 Å². The van der Waals surface area contributed by atoms with E-state index in [-0.39, 0.29) is 11.1 Å². The molecular formula is C14H17ClFN3. The van der Waals surface area contributed by atoms with Gasteiger partial charge in [0.25, 0.3) is 0 Å². The zero-order valence-corrected chi connectivity index (χ0v) is 11.8. The second-order valence-corrected chi connectivity index (χ2v) is 4.88. The van der Waals surface area contributed by atoms with Crippen LogP contribution in [0.4, 0.5) is 4.39 Å². The highest BCUT2D eigenvalue weighted by Gasteiger charge is 2.14. The molecule has 0 saturated heterocycles. The Morgan fingerprint density at radius 3 is 2.79 bits per heavy atom. The molecule has 1 aromatic carbocycles. The molecule has 2 aromatic rings. The summed E-state index contributed by atoms with van der Waals surface area (Å²) in [6.07, 6.45) is 2.66. The first-order valence-electron chi connectivity index (χ1n) is 6.27. The smallest absolute Gasteiger partial charge is 0.141 e. The van der Waals surface area contributed by atoms with Gasteiger partial charge in [0.2, 0.25) is 0 Å². The molecule has 1 heterocycles. The minimum Gasteiger partial charge on any atom is -0.310 e. The Balaban J connectivity index is 2.21. The van der Waals surface area contributed by atoms with Gasteiger partial charge in [-0.3, -0.25) is 4.68 Å². The third-order valence-electron chi connectivity index (χ3n) is 2.98. The Labute approximate surface area is 117 Å². The van der Waals surface area contributed by atoms with Crippen molar-refractivity contribution in [2.45, 2.75) is 19.4 Å². The molecular weight excluding hydrogens is 265 g/mol. The SMILES string of the molecule is CCNC(Cc1ccn(C)n1)c1ccc(F)c(Cl)c1. The van der Waals surface area contributed by atoms with Gasteiger partial charge in [-0.15, -0.1) is 0 Å². The zero-order valence-electron chi connectivity index (χ0n) is 11.0. The number of rotatable bonds is 5.